The number of likely N-dealkylation sites (tertiary alicyclic amines) is 1. The van der Waals surface area contributed by atoms with Gasteiger partial charge in [-0.3, -0.25) is 4.68 Å². The first-order valence-electron chi connectivity index (χ1n) is 11.2. The number of rotatable bonds is 7. The molecule has 6 nitrogen and oxygen atoms in total. The van der Waals surface area contributed by atoms with Crippen LogP contribution in [0.1, 0.15) is 19.3 Å². The molecule has 0 aliphatic carbocycles. The molecular formula is C23H36N6. The first-order valence-corrected chi connectivity index (χ1v) is 11.2. The van der Waals surface area contributed by atoms with Gasteiger partial charge in [-0.05, 0) is 70.7 Å². The molecule has 6 heteroatoms. The lowest BCUT2D eigenvalue weighted by atomic mass is 10.1. The number of nitrogens with zero attached hydrogens (tertiary/aromatic N) is 5. The van der Waals surface area contributed by atoms with Gasteiger partial charge in [0.25, 0.3) is 0 Å². The largest absolute Gasteiger partial charge is 0.369 e. The molecular weight excluding hydrogens is 360 g/mol. The molecule has 0 unspecified atom stereocenters. The average molecular weight is 397 g/mol. The molecule has 0 radical (unpaired) electrons. The fourth-order valence-electron chi connectivity index (χ4n) is 4.32. The maximum atomic E-state index is 4.57. The number of anilines is 1. The lowest BCUT2D eigenvalue weighted by Gasteiger charge is -2.34. The van der Waals surface area contributed by atoms with Crippen molar-refractivity contribution in [3.8, 4) is 11.1 Å². The summed E-state index contributed by atoms with van der Waals surface area (Å²) in [6, 6.07) is 9.67. The van der Waals surface area contributed by atoms with Gasteiger partial charge in [-0.1, -0.05) is 12.1 Å². The maximum absolute atomic E-state index is 4.57. The Labute approximate surface area is 175 Å². The van der Waals surface area contributed by atoms with Crippen LogP contribution in [0.25, 0.3) is 11.1 Å². The zero-order chi connectivity index (χ0) is 20.1. The highest BCUT2D eigenvalue weighted by molar-refractivity contribution is 5.65. The summed E-state index contributed by atoms with van der Waals surface area (Å²) in [5, 5.41) is 8.29. The average Bonchev–Trinajstić information content (AvgIpc) is 3.22. The second kappa shape index (κ2) is 9.74. The number of hydrogen-bond donors (Lipinski definition) is 1. The Morgan fingerprint density at radius 1 is 0.897 bits per heavy atom. The lowest BCUT2D eigenvalue weighted by Crippen LogP contribution is -2.44. The van der Waals surface area contributed by atoms with E-state index in [-0.39, 0.29) is 0 Å². The third-order valence-corrected chi connectivity index (χ3v) is 6.42. The van der Waals surface area contributed by atoms with Crippen LogP contribution in [-0.4, -0.2) is 85.5 Å². The Morgan fingerprint density at radius 3 is 2.31 bits per heavy atom. The number of aryl methyl sites for hydroxylation is 1. The van der Waals surface area contributed by atoms with Gasteiger partial charge in [0.05, 0.1) is 6.20 Å². The van der Waals surface area contributed by atoms with E-state index >= 15 is 0 Å². The number of likely N-dealkylation sites (N-methyl/N-ethyl adjacent to an activating group) is 1. The summed E-state index contributed by atoms with van der Waals surface area (Å²) < 4.78 is 2.08. The van der Waals surface area contributed by atoms with Crippen molar-refractivity contribution >= 4 is 5.69 Å². The Morgan fingerprint density at radius 2 is 1.59 bits per heavy atom. The van der Waals surface area contributed by atoms with Gasteiger partial charge in [-0.2, -0.15) is 5.10 Å². The highest BCUT2D eigenvalue weighted by Gasteiger charge is 2.16. The fraction of sp³-hybridized carbons (Fsp3) is 0.609. The SMILES string of the molecule is CN1CCC(NCCCn2cc(-c3ccc(N4CCN(C)CC4)cc3)cn2)CC1. The van der Waals surface area contributed by atoms with Gasteiger partial charge in [0, 0.05) is 56.2 Å². The summed E-state index contributed by atoms with van der Waals surface area (Å²) in [7, 11) is 4.41. The van der Waals surface area contributed by atoms with Crippen LogP contribution in [0.2, 0.25) is 0 Å². The number of benzene rings is 1. The Bertz CT molecular complexity index is 739. The van der Waals surface area contributed by atoms with Crippen molar-refractivity contribution in [3.63, 3.8) is 0 Å². The van der Waals surface area contributed by atoms with Crippen molar-refractivity contribution in [3.05, 3.63) is 36.7 Å². The Kier molecular flexibility index (Phi) is 6.85. The van der Waals surface area contributed by atoms with Crippen LogP contribution in [0, 0.1) is 0 Å². The van der Waals surface area contributed by atoms with Gasteiger partial charge in [0.2, 0.25) is 0 Å². The predicted octanol–water partition coefficient (Wildman–Crippen LogP) is 2.38. The van der Waals surface area contributed by atoms with E-state index in [2.05, 4.69) is 74.4 Å². The normalized spacial score (nSPS) is 19.7. The van der Waals surface area contributed by atoms with Crippen LogP contribution in [-0.2, 0) is 6.54 Å². The molecule has 2 aliphatic rings. The molecule has 2 aliphatic heterocycles. The molecule has 158 valence electrons. The number of piperidine rings is 1. The van der Waals surface area contributed by atoms with Gasteiger partial charge < -0.3 is 20.0 Å². The van der Waals surface area contributed by atoms with Crippen LogP contribution in [0.5, 0.6) is 0 Å². The predicted molar refractivity (Wildman–Crippen MR) is 121 cm³/mol. The maximum Gasteiger partial charge on any atom is 0.0568 e. The molecule has 3 heterocycles. The van der Waals surface area contributed by atoms with Crippen molar-refractivity contribution in [1.82, 2.24) is 24.9 Å². The second-order valence-corrected chi connectivity index (χ2v) is 8.71. The second-order valence-electron chi connectivity index (χ2n) is 8.71. The minimum absolute atomic E-state index is 0.693. The zero-order valence-electron chi connectivity index (χ0n) is 18.1. The van der Waals surface area contributed by atoms with E-state index in [1.54, 1.807) is 0 Å². The molecule has 1 N–H and O–H groups in total. The van der Waals surface area contributed by atoms with E-state index in [1.165, 1.54) is 42.7 Å². The van der Waals surface area contributed by atoms with Crippen molar-refractivity contribution in [2.24, 2.45) is 0 Å². The number of aromatic nitrogens is 2. The molecule has 4 rings (SSSR count). The smallest absolute Gasteiger partial charge is 0.0568 e. The molecule has 0 saturated carbocycles. The summed E-state index contributed by atoms with van der Waals surface area (Å²) in [5.74, 6) is 0. The summed E-state index contributed by atoms with van der Waals surface area (Å²) in [6.45, 7) is 8.98. The first kappa shape index (κ1) is 20.4. The summed E-state index contributed by atoms with van der Waals surface area (Å²) in [4.78, 5) is 7.29. The van der Waals surface area contributed by atoms with Gasteiger partial charge >= 0.3 is 0 Å². The van der Waals surface area contributed by atoms with Crippen LogP contribution in [0.15, 0.2) is 36.7 Å². The molecule has 0 spiro atoms. The van der Waals surface area contributed by atoms with Crippen molar-refractivity contribution < 1.29 is 0 Å². The summed E-state index contributed by atoms with van der Waals surface area (Å²) in [5.41, 5.74) is 3.78. The fourth-order valence-corrected chi connectivity index (χ4v) is 4.32. The van der Waals surface area contributed by atoms with E-state index in [0.717, 1.165) is 45.7 Å². The van der Waals surface area contributed by atoms with Gasteiger partial charge in [0.15, 0.2) is 0 Å². The molecule has 2 aromatic rings. The van der Waals surface area contributed by atoms with Crippen molar-refractivity contribution in [2.45, 2.75) is 31.8 Å². The quantitative estimate of drug-likeness (QED) is 0.728. The van der Waals surface area contributed by atoms with E-state index in [0.29, 0.717) is 6.04 Å². The highest BCUT2D eigenvalue weighted by Crippen LogP contribution is 2.23. The third-order valence-electron chi connectivity index (χ3n) is 6.42. The minimum atomic E-state index is 0.693. The number of hydrogen-bond acceptors (Lipinski definition) is 5. The molecule has 2 fully saturated rings. The van der Waals surface area contributed by atoms with Crippen molar-refractivity contribution in [1.29, 1.82) is 0 Å². The Balaban J connectivity index is 1.23. The molecule has 29 heavy (non-hydrogen) atoms. The number of nitrogens with one attached hydrogen (secondary N) is 1. The molecule has 1 aromatic heterocycles. The Hall–Kier alpha value is -1.89. The molecule has 2 saturated heterocycles. The minimum Gasteiger partial charge on any atom is -0.369 e. The molecule has 0 atom stereocenters. The van der Waals surface area contributed by atoms with Gasteiger partial charge in [0.1, 0.15) is 0 Å². The van der Waals surface area contributed by atoms with E-state index in [4.69, 9.17) is 0 Å². The zero-order valence-corrected chi connectivity index (χ0v) is 18.1. The standard InChI is InChI=1S/C23H36N6/c1-26-12-8-22(9-13-26)24-10-3-11-29-19-21(18-25-29)20-4-6-23(7-5-20)28-16-14-27(2)15-17-28/h4-7,18-19,22,24H,3,8-17H2,1-2H3. The van der Waals surface area contributed by atoms with E-state index < -0.39 is 0 Å². The highest BCUT2D eigenvalue weighted by atomic mass is 15.3. The molecule has 0 bridgehead atoms. The van der Waals surface area contributed by atoms with Crippen LogP contribution >= 0.6 is 0 Å². The summed E-state index contributed by atoms with van der Waals surface area (Å²) >= 11 is 0. The van der Waals surface area contributed by atoms with Crippen LogP contribution < -0.4 is 10.2 Å². The van der Waals surface area contributed by atoms with Crippen LogP contribution in [0.3, 0.4) is 0 Å². The summed E-state index contributed by atoms with van der Waals surface area (Å²) in [6.07, 6.45) is 7.84. The van der Waals surface area contributed by atoms with E-state index in [1.807, 2.05) is 6.20 Å². The first-order chi connectivity index (χ1) is 14.2. The third kappa shape index (κ3) is 5.59. The van der Waals surface area contributed by atoms with Gasteiger partial charge in [-0.25, -0.2) is 0 Å². The van der Waals surface area contributed by atoms with Crippen LogP contribution in [0.4, 0.5) is 5.69 Å². The van der Waals surface area contributed by atoms with E-state index in [9.17, 15) is 0 Å². The monoisotopic (exact) mass is 396 g/mol. The van der Waals surface area contributed by atoms with Crippen molar-refractivity contribution in [2.75, 3.05) is 64.8 Å². The lowest BCUT2D eigenvalue weighted by molar-refractivity contribution is 0.234. The molecule has 1 aromatic carbocycles. The van der Waals surface area contributed by atoms with Gasteiger partial charge in [-0.15, -0.1) is 0 Å². The molecule has 0 amide bonds. The topological polar surface area (TPSA) is 39.6 Å². The number of piperazine rings is 1.